The van der Waals surface area contributed by atoms with Crippen LogP contribution < -0.4 is 0 Å². The van der Waals surface area contributed by atoms with Crippen molar-refractivity contribution in [1.82, 2.24) is 0 Å². The van der Waals surface area contributed by atoms with Gasteiger partial charge in [-0.15, -0.1) is 0 Å². The molecule has 3 atom stereocenters. The van der Waals surface area contributed by atoms with Crippen molar-refractivity contribution in [2.24, 2.45) is 22.7 Å². The molecule has 0 aromatic heterocycles. The third-order valence-corrected chi connectivity index (χ3v) is 6.22. The zero-order valence-electron chi connectivity index (χ0n) is 14.5. The van der Waals surface area contributed by atoms with Crippen molar-refractivity contribution in [3.8, 4) is 0 Å². The van der Waals surface area contributed by atoms with Crippen LogP contribution in [0.2, 0.25) is 0 Å². The molecule has 1 N–H and O–H groups in total. The summed E-state index contributed by atoms with van der Waals surface area (Å²) in [6.45, 7) is 11.1. The summed E-state index contributed by atoms with van der Waals surface area (Å²) in [5.74, 6) is 1.24. The molecule has 0 aromatic rings. The van der Waals surface area contributed by atoms with Crippen LogP contribution in [0, 0.1) is 22.7 Å². The van der Waals surface area contributed by atoms with E-state index < -0.39 is 0 Å². The highest BCUT2D eigenvalue weighted by atomic mass is 16.3. The average molecular weight is 292 g/mol. The summed E-state index contributed by atoms with van der Waals surface area (Å²) in [6.07, 6.45) is 6.29. The standard InChI is InChI=1S/C19H32O2/c1-13(2)15-8-9-18(4)10-11-19(5,12-20)16(17(15)18)7-6-14(3)21/h13,16,20H,6-12H2,1-5H3/t16-,18+,19+/m0/s1. The Labute approximate surface area is 130 Å². The summed E-state index contributed by atoms with van der Waals surface area (Å²) < 4.78 is 0. The molecule has 0 bridgehead atoms. The van der Waals surface area contributed by atoms with Crippen LogP contribution in [0.3, 0.4) is 0 Å². The molecule has 21 heavy (non-hydrogen) atoms. The Morgan fingerprint density at radius 2 is 1.95 bits per heavy atom. The number of ketones is 1. The van der Waals surface area contributed by atoms with E-state index in [1.807, 2.05) is 0 Å². The van der Waals surface area contributed by atoms with Crippen LogP contribution in [0.1, 0.15) is 73.1 Å². The van der Waals surface area contributed by atoms with Gasteiger partial charge in [0, 0.05) is 13.0 Å². The smallest absolute Gasteiger partial charge is 0.129 e. The van der Waals surface area contributed by atoms with E-state index in [4.69, 9.17) is 0 Å². The monoisotopic (exact) mass is 292 g/mol. The zero-order chi connectivity index (χ0) is 15.8. The molecule has 2 heteroatoms. The first-order valence-corrected chi connectivity index (χ1v) is 8.57. The van der Waals surface area contributed by atoms with Crippen molar-refractivity contribution in [2.75, 3.05) is 6.61 Å². The Morgan fingerprint density at radius 3 is 2.48 bits per heavy atom. The van der Waals surface area contributed by atoms with Gasteiger partial charge in [0.05, 0.1) is 0 Å². The van der Waals surface area contributed by atoms with Crippen LogP contribution in [0.4, 0.5) is 0 Å². The van der Waals surface area contributed by atoms with Gasteiger partial charge < -0.3 is 9.90 Å². The minimum absolute atomic E-state index is 0.0469. The Morgan fingerprint density at radius 1 is 1.29 bits per heavy atom. The number of hydrogen-bond donors (Lipinski definition) is 1. The average Bonchev–Trinajstić information content (AvgIpc) is 2.76. The largest absolute Gasteiger partial charge is 0.396 e. The minimum Gasteiger partial charge on any atom is -0.396 e. The molecule has 0 aliphatic heterocycles. The van der Waals surface area contributed by atoms with Gasteiger partial charge in [0.2, 0.25) is 0 Å². The first kappa shape index (κ1) is 16.7. The summed E-state index contributed by atoms with van der Waals surface area (Å²) in [5, 5.41) is 10.0. The SMILES string of the molecule is CC(=O)CC[C@H]1C2=C(C(C)C)CC[C@]2(C)CC[C@]1(C)CO. The van der Waals surface area contributed by atoms with Crippen molar-refractivity contribution in [1.29, 1.82) is 0 Å². The van der Waals surface area contributed by atoms with Gasteiger partial charge in [-0.1, -0.05) is 38.8 Å². The third kappa shape index (κ3) is 2.97. The van der Waals surface area contributed by atoms with E-state index >= 15 is 0 Å². The predicted molar refractivity (Wildman–Crippen MR) is 87.0 cm³/mol. The Kier molecular flexibility index (Phi) is 4.68. The second kappa shape index (κ2) is 5.87. The number of aliphatic hydroxyl groups excluding tert-OH is 1. The highest BCUT2D eigenvalue weighted by molar-refractivity contribution is 5.75. The first-order valence-electron chi connectivity index (χ1n) is 8.57. The van der Waals surface area contributed by atoms with E-state index in [9.17, 15) is 9.90 Å². The Bertz CT molecular complexity index is 448. The van der Waals surface area contributed by atoms with Gasteiger partial charge >= 0.3 is 0 Å². The fraction of sp³-hybridized carbons (Fsp3) is 0.842. The molecule has 2 nitrogen and oxygen atoms in total. The lowest BCUT2D eigenvalue weighted by atomic mass is 9.55. The van der Waals surface area contributed by atoms with Gasteiger partial charge in [0.25, 0.3) is 0 Å². The molecule has 120 valence electrons. The van der Waals surface area contributed by atoms with Gasteiger partial charge in [0.15, 0.2) is 0 Å². The summed E-state index contributed by atoms with van der Waals surface area (Å²) in [4.78, 5) is 11.5. The van der Waals surface area contributed by atoms with Crippen LogP contribution in [0.5, 0.6) is 0 Å². The lowest BCUT2D eigenvalue weighted by Gasteiger charge is -2.49. The van der Waals surface area contributed by atoms with Gasteiger partial charge in [-0.05, 0) is 61.7 Å². The van der Waals surface area contributed by atoms with Gasteiger partial charge in [-0.3, -0.25) is 0 Å². The highest BCUT2D eigenvalue weighted by Gasteiger charge is 2.51. The maximum Gasteiger partial charge on any atom is 0.129 e. The number of aliphatic hydroxyl groups is 1. The minimum atomic E-state index is -0.0469. The van der Waals surface area contributed by atoms with Gasteiger partial charge in [-0.2, -0.15) is 0 Å². The maximum atomic E-state index is 11.5. The summed E-state index contributed by atoms with van der Waals surface area (Å²) in [5.41, 5.74) is 3.50. The number of hydrogen-bond acceptors (Lipinski definition) is 2. The number of Topliss-reactive ketones (excluding diaryl/α,β-unsaturated/α-hetero) is 1. The molecule has 0 spiro atoms. The molecule has 2 aliphatic rings. The van der Waals surface area contributed by atoms with E-state index in [2.05, 4.69) is 27.7 Å². The van der Waals surface area contributed by atoms with E-state index in [-0.39, 0.29) is 17.8 Å². The van der Waals surface area contributed by atoms with Crippen molar-refractivity contribution in [3.63, 3.8) is 0 Å². The summed E-state index contributed by atoms with van der Waals surface area (Å²) >= 11 is 0. The van der Waals surface area contributed by atoms with E-state index in [1.165, 1.54) is 19.3 Å². The molecule has 0 aromatic carbocycles. The predicted octanol–water partition coefficient (Wildman–Crippen LogP) is 4.52. The molecule has 0 radical (unpaired) electrons. The number of rotatable bonds is 5. The van der Waals surface area contributed by atoms with Gasteiger partial charge in [-0.25, -0.2) is 0 Å². The van der Waals surface area contributed by atoms with E-state index in [1.54, 1.807) is 18.1 Å². The fourth-order valence-corrected chi connectivity index (χ4v) is 4.69. The topological polar surface area (TPSA) is 37.3 Å². The van der Waals surface area contributed by atoms with E-state index in [0.29, 0.717) is 23.7 Å². The zero-order valence-corrected chi connectivity index (χ0v) is 14.5. The molecule has 2 aliphatic carbocycles. The highest BCUT2D eigenvalue weighted by Crippen LogP contribution is 2.61. The van der Waals surface area contributed by atoms with Crippen molar-refractivity contribution in [3.05, 3.63) is 11.1 Å². The maximum absolute atomic E-state index is 11.5. The molecule has 0 heterocycles. The van der Waals surface area contributed by atoms with Crippen LogP contribution in [0.15, 0.2) is 11.1 Å². The summed E-state index contributed by atoms with van der Waals surface area (Å²) in [6, 6.07) is 0. The number of allylic oxidation sites excluding steroid dienone is 2. The molecule has 1 fully saturated rings. The molecule has 0 unspecified atom stereocenters. The van der Waals surface area contributed by atoms with E-state index in [0.717, 1.165) is 12.8 Å². The quantitative estimate of drug-likeness (QED) is 0.757. The van der Waals surface area contributed by atoms with Crippen LogP contribution in [-0.2, 0) is 4.79 Å². The number of carbonyl (C=O) groups is 1. The molecule has 0 amide bonds. The number of fused-ring (bicyclic) bond motifs is 1. The second-order valence-corrected chi connectivity index (χ2v) is 8.26. The second-order valence-electron chi connectivity index (χ2n) is 8.26. The molecular formula is C19H32O2. The first-order chi connectivity index (χ1) is 9.73. The Hall–Kier alpha value is -0.630. The summed E-state index contributed by atoms with van der Waals surface area (Å²) in [7, 11) is 0. The van der Waals surface area contributed by atoms with Crippen LogP contribution in [-0.4, -0.2) is 17.5 Å². The third-order valence-electron chi connectivity index (χ3n) is 6.22. The van der Waals surface area contributed by atoms with Crippen LogP contribution in [0.25, 0.3) is 0 Å². The van der Waals surface area contributed by atoms with Crippen molar-refractivity contribution in [2.45, 2.75) is 73.1 Å². The molecule has 1 saturated carbocycles. The molecular weight excluding hydrogens is 260 g/mol. The lowest BCUT2D eigenvalue weighted by molar-refractivity contribution is -0.117. The fourth-order valence-electron chi connectivity index (χ4n) is 4.69. The number of carbonyl (C=O) groups excluding carboxylic acids is 1. The van der Waals surface area contributed by atoms with Crippen molar-refractivity contribution >= 4 is 5.78 Å². The Balaban J connectivity index is 2.43. The lowest BCUT2D eigenvalue weighted by Crippen LogP contribution is -2.42. The van der Waals surface area contributed by atoms with Gasteiger partial charge in [0.1, 0.15) is 5.78 Å². The van der Waals surface area contributed by atoms with Crippen molar-refractivity contribution < 1.29 is 9.90 Å². The molecule has 2 rings (SSSR count). The van der Waals surface area contributed by atoms with Crippen LogP contribution >= 0.6 is 0 Å². The molecule has 0 saturated heterocycles. The normalized spacial score (nSPS) is 36.2.